The molecule has 0 atom stereocenters. The Labute approximate surface area is 131 Å². The van der Waals surface area contributed by atoms with Crippen molar-refractivity contribution in [2.45, 2.75) is 44.9 Å². The van der Waals surface area contributed by atoms with E-state index < -0.39 is 0 Å². The zero-order chi connectivity index (χ0) is 14.0. The van der Waals surface area contributed by atoms with E-state index >= 15 is 0 Å². The molecule has 0 spiro atoms. The van der Waals surface area contributed by atoms with Gasteiger partial charge in [0.25, 0.3) is 0 Å². The minimum Gasteiger partial charge on any atom is -0.0622 e. The highest BCUT2D eigenvalue weighted by atomic mass is 79.9. The van der Waals surface area contributed by atoms with Crippen LogP contribution >= 0.6 is 15.9 Å². The topological polar surface area (TPSA) is 0 Å². The van der Waals surface area contributed by atoms with Gasteiger partial charge in [-0.1, -0.05) is 77.7 Å². The summed E-state index contributed by atoms with van der Waals surface area (Å²) < 4.78 is 1.19. The fraction of sp³-hybridized carbons (Fsp3) is 0.368. The van der Waals surface area contributed by atoms with Gasteiger partial charge in [0.05, 0.1) is 0 Å². The first-order valence-corrected chi connectivity index (χ1v) is 8.42. The summed E-state index contributed by atoms with van der Waals surface area (Å²) in [5.41, 5.74) is 2.92. The van der Waals surface area contributed by atoms with Gasteiger partial charge in [0.1, 0.15) is 0 Å². The maximum absolute atomic E-state index is 3.53. The Kier molecular flexibility index (Phi) is 6.86. The highest BCUT2D eigenvalue weighted by Crippen LogP contribution is 2.15. The maximum Gasteiger partial charge on any atom is 0.0177 e. The summed E-state index contributed by atoms with van der Waals surface area (Å²) in [5.74, 6) is 0. The number of halogens is 1. The zero-order valence-electron chi connectivity index (χ0n) is 12.0. The molecule has 2 aromatic carbocycles. The molecule has 0 unspecified atom stereocenters. The lowest BCUT2D eigenvalue weighted by atomic mass is 10.0. The van der Waals surface area contributed by atoms with Gasteiger partial charge >= 0.3 is 0 Å². The van der Waals surface area contributed by atoms with Crippen LogP contribution in [0.2, 0.25) is 0 Å². The molecule has 2 aromatic rings. The first-order valence-electron chi connectivity index (χ1n) is 7.63. The first kappa shape index (κ1) is 15.3. The number of unbranched alkanes of at least 4 members (excludes halogenated alkanes) is 4. The van der Waals surface area contributed by atoms with Gasteiger partial charge < -0.3 is 0 Å². The van der Waals surface area contributed by atoms with Crippen LogP contribution in [0.4, 0.5) is 0 Å². The number of benzene rings is 2. The molecule has 0 heterocycles. The minimum absolute atomic E-state index is 1.19. The Hall–Kier alpha value is -1.08. The second kappa shape index (κ2) is 8.97. The average Bonchev–Trinajstić information content (AvgIpc) is 2.47. The van der Waals surface area contributed by atoms with Gasteiger partial charge in [-0.15, -0.1) is 0 Å². The smallest absolute Gasteiger partial charge is 0.0177 e. The van der Waals surface area contributed by atoms with Crippen LogP contribution in [0.15, 0.2) is 59.1 Å². The van der Waals surface area contributed by atoms with Gasteiger partial charge in [0.2, 0.25) is 0 Å². The Balaban J connectivity index is 1.52. The summed E-state index contributed by atoms with van der Waals surface area (Å²) in [7, 11) is 0. The molecule has 20 heavy (non-hydrogen) atoms. The third kappa shape index (κ3) is 5.92. The molecule has 0 nitrogen and oxygen atoms in total. The number of hydrogen-bond donors (Lipinski definition) is 0. The zero-order valence-corrected chi connectivity index (χ0v) is 13.6. The van der Waals surface area contributed by atoms with Crippen molar-refractivity contribution in [1.82, 2.24) is 0 Å². The molecule has 1 heteroatoms. The Bertz CT molecular complexity index is 490. The van der Waals surface area contributed by atoms with E-state index in [2.05, 4.69) is 70.5 Å². The van der Waals surface area contributed by atoms with Crippen molar-refractivity contribution < 1.29 is 0 Å². The highest BCUT2D eigenvalue weighted by molar-refractivity contribution is 9.10. The van der Waals surface area contributed by atoms with E-state index in [-0.39, 0.29) is 0 Å². The molecular weight excluding hydrogens is 308 g/mol. The van der Waals surface area contributed by atoms with E-state index in [1.807, 2.05) is 0 Å². The molecule has 0 saturated carbocycles. The van der Waals surface area contributed by atoms with Gasteiger partial charge in [-0.2, -0.15) is 0 Å². The molecule has 106 valence electrons. The molecule has 0 aromatic heterocycles. The fourth-order valence-electron chi connectivity index (χ4n) is 2.53. The van der Waals surface area contributed by atoms with E-state index in [1.54, 1.807) is 0 Å². The SMILES string of the molecule is Brc1cccc(CCCCCCCc2ccccc2)c1. The molecule has 0 bridgehead atoms. The molecule has 0 fully saturated rings. The number of hydrogen-bond acceptors (Lipinski definition) is 0. The Morgan fingerprint density at radius 1 is 0.600 bits per heavy atom. The summed E-state index contributed by atoms with van der Waals surface area (Å²) in [6, 6.07) is 19.5. The van der Waals surface area contributed by atoms with Crippen LogP contribution in [0.3, 0.4) is 0 Å². The normalized spacial score (nSPS) is 10.7. The quantitative estimate of drug-likeness (QED) is 0.506. The van der Waals surface area contributed by atoms with Crippen molar-refractivity contribution in [2.24, 2.45) is 0 Å². The van der Waals surface area contributed by atoms with Crippen molar-refractivity contribution in [1.29, 1.82) is 0 Å². The van der Waals surface area contributed by atoms with Gasteiger partial charge in [0.15, 0.2) is 0 Å². The molecule has 0 radical (unpaired) electrons. The van der Waals surface area contributed by atoms with E-state index in [0.29, 0.717) is 0 Å². The molecule has 0 aliphatic rings. The van der Waals surface area contributed by atoms with Crippen LogP contribution in [-0.4, -0.2) is 0 Å². The van der Waals surface area contributed by atoms with Crippen LogP contribution in [0.1, 0.15) is 43.2 Å². The van der Waals surface area contributed by atoms with Crippen molar-refractivity contribution in [3.63, 3.8) is 0 Å². The Morgan fingerprint density at radius 2 is 1.20 bits per heavy atom. The molecule has 0 aliphatic heterocycles. The van der Waals surface area contributed by atoms with Crippen LogP contribution < -0.4 is 0 Å². The monoisotopic (exact) mass is 330 g/mol. The van der Waals surface area contributed by atoms with E-state index in [0.717, 1.165) is 0 Å². The third-order valence-corrected chi connectivity index (χ3v) is 4.16. The molecule has 2 rings (SSSR count). The minimum atomic E-state index is 1.19. The Morgan fingerprint density at radius 3 is 1.90 bits per heavy atom. The molecular formula is C19H23Br. The first-order chi connectivity index (χ1) is 9.84. The van der Waals surface area contributed by atoms with Crippen LogP contribution in [0.5, 0.6) is 0 Å². The number of rotatable bonds is 8. The lowest BCUT2D eigenvalue weighted by molar-refractivity contribution is 0.613. The summed E-state index contributed by atoms with van der Waals surface area (Å²) >= 11 is 3.53. The van der Waals surface area contributed by atoms with Crippen LogP contribution in [0, 0.1) is 0 Å². The molecule has 0 aliphatic carbocycles. The average molecular weight is 331 g/mol. The largest absolute Gasteiger partial charge is 0.0622 e. The van der Waals surface area contributed by atoms with Crippen molar-refractivity contribution in [3.05, 3.63) is 70.2 Å². The summed E-state index contributed by atoms with van der Waals surface area (Å²) in [6.07, 6.45) is 9.13. The van der Waals surface area contributed by atoms with Crippen molar-refractivity contribution >= 4 is 15.9 Å². The predicted octanol–water partition coefficient (Wildman–Crippen LogP) is 6.18. The van der Waals surface area contributed by atoms with Gasteiger partial charge in [-0.3, -0.25) is 0 Å². The van der Waals surface area contributed by atoms with Crippen LogP contribution in [-0.2, 0) is 12.8 Å². The van der Waals surface area contributed by atoms with E-state index in [9.17, 15) is 0 Å². The molecule has 0 saturated heterocycles. The lowest BCUT2D eigenvalue weighted by Crippen LogP contribution is -1.88. The fourth-order valence-corrected chi connectivity index (χ4v) is 2.97. The second-order valence-corrected chi connectivity index (χ2v) is 6.30. The van der Waals surface area contributed by atoms with Crippen LogP contribution in [0.25, 0.3) is 0 Å². The van der Waals surface area contributed by atoms with Crippen molar-refractivity contribution in [3.8, 4) is 0 Å². The second-order valence-electron chi connectivity index (χ2n) is 5.38. The van der Waals surface area contributed by atoms with E-state index in [1.165, 1.54) is 60.5 Å². The third-order valence-electron chi connectivity index (χ3n) is 3.66. The van der Waals surface area contributed by atoms with E-state index in [4.69, 9.17) is 0 Å². The van der Waals surface area contributed by atoms with Gasteiger partial charge in [0, 0.05) is 4.47 Å². The molecule has 0 amide bonds. The predicted molar refractivity (Wildman–Crippen MR) is 91.1 cm³/mol. The summed E-state index contributed by atoms with van der Waals surface area (Å²) in [4.78, 5) is 0. The standard InChI is InChI=1S/C19H23Br/c20-19-15-9-14-18(16-19)13-6-3-1-2-5-10-17-11-7-4-8-12-17/h4,7-9,11-12,14-16H,1-3,5-6,10,13H2. The van der Waals surface area contributed by atoms with Gasteiger partial charge in [-0.05, 0) is 48.9 Å². The lowest BCUT2D eigenvalue weighted by Gasteiger charge is -2.03. The maximum atomic E-state index is 3.53. The highest BCUT2D eigenvalue weighted by Gasteiger charge is 1.96. The van der Waals surface area contributed by atoms with Crippen molar-refractivity contribution in [2.75, 3.05) is 0 Å². The van der Waals surface area contributed by atoms with Gasteiger partial charge in [-0.25, -0.2) is 0 Å². The summed E-state index contributed by atoms with van der Waals surface area (Å²) in [6.45, 7) is 0. The number of aryl methyl sites for hydroxylation is 2. The summed E-state index contributed by atoms with van der Waals surface area (Å²) in [5, 5.41) is 0. The molecule has 0 N–H and O–H groups in total.